The molecule has 0 fully saturated rings. The van der Waals surface area contributed by atoms with E-state index < -0.39 is 0 Å². The Morgan fingerprint density at radius 3 is 1.92 bits per heavy atom. The quantitative estimate of drug-likeness (QED) is 0.697. The van der Waals surface area contributed by atoms with Gasteiger partial charge in [-0.3, -0.25) is 0 Å². The predicted molar refractivity (Wildman–Crippen MR) is 90.6 cm³/mol. The molecule has 0 aliphatic carbocycles. The van der Waals surface area contributed by atoms with Gasteiger partial charge in [-0.15, -0.1) is 22.7 Å². The van der Waals surface area contributed by atoms with Crippen LogP contribution in [0.1, 0.15) is 0 Å². The zero-order valence-corrected chi connectivity index (χ0v) is 14.1. The topological polar surface area (TPSA) is 62.7 Å². The van der Waals surface area contributed by atoms with E-state index in [2.05, 4.69) is 9.97 Å². The summed E-state index contributed by atoms with van der Waals surface area (Å²) in [5.41, 5.74) is 0.915. The molecule has 0 atom stereocenters. The fourth-order valence-electron chi connectivity index (χ4n) is 2.64. The van der Waals surface area contributed by atoms with Crippen molar-refractivity contribution in [2.24, 2.45) is 0 Å². The van der Waals surface area contributed by atoms with Crippen molar-refractivity contribution in [2.45, 2.75) is 0 Å². The van der Waals surface area contributed by atoms with Crippen molar-refractivity contribution in [3.63, 3.8) is 0 Å². The number of fused-ring (bicyclic) bond motifs is 2. The van der Waals surface area contributed by atoms with Crippen LogP contribution >= 0.6 is 22.7 Å². The van der Waals surface area contributed by atoms with Crippen molar-refractivity contribution >= 4 is 22.7 Å². The van der Waals surface area contributed by atoms with Crippen molar-refractivity contribution in [3.8, 4) is 44.1 Å². The lowest BCUT2D eigenvalue weighted by Gasteiger charge is -2.16. The first-order valence-corrected chi connectivity index (χ1v) is 9.23. The van der Waals surface area contributed by atoms with Gasteiger partial charge in [-0.1, -0.05) is 0 Å². The smallest absolute Gasteiger partial charge is 0.183 e. The van der Waals surface area contributed by atoms with Gasteiger partial charge in [-0.05, 0) is 0 Å². The largest absolute Gasteiger partial charge is 0.485 e. The Hall–Kier alpha value is -2.32. The average Bonchev–Trinajstić information content (AvgIpc) is 3.26. The molecule has 0 spiro atoms. The molecule has 5 heterocycles. The van der Waals surface area contributed by atoms with Crippen molar-refractivity contribution in [1.29, 1.82) is 0 Å². The van der Waals surface area contributed by atoms with Crippen molar-refractivity contribution in [1.82, 2.24) is 9.97 Å². The Bertz CT molecular complexity index is 815. The van der Waals surface area contributed by atoms with Gasteiger partial charge in [0, 0.05) is 28.7 Å². The average molecular weight is 360 g/mol. The maximum atomic E-state index is 5.72. The van der Waals surface area contributed by atoms with E-state index in [4.69, 9.17) is 18.9 Å². The van der Waals surface area contributed by atoms with Crippen LogP contribution in [0.15, 0.2) is 23.2 Å². The van der Waals surface area contributed by atoms with Crippen LogP contribution in [0.4, 0.5) is 0 Å². The van der Waals surface area contributed by atoms with Gasteiger partial charge in [0.25, 0.3) is 0 Å². The fraction of sp³-hybridized carbons (Fsp3) is 0.250. The van der Waals surface area contributed by atoms with E-state index in [0.29, 0.717) is 32.3 Å². The lowest BCUT2D eigenvalue weighted by molar-refractivity contribution is 0.174. The first kappa shape index (κ1) is 14.1. The SMILES string of the molecule is c1nc(-c2scc3c2OCCO3)ncc1-c1scc2c1OCCO2. The highest BCUT2D eigenvalue weighted by atomic mass is 32.1. The van der Waals surface area contributed by atoms with Gasteiger partial charge in [0.05, 0.1) is 4.88 Å². The molecule has 122 valence electrons. The summed E-state index contributed by atoms with van der Waals surface area (Å²) in [5.74, 6) is 3.73. The van der Waals surface area contributed by atoms with Crippen LogP contribution in [0.2, 0.25) is 0 Å². The third-order valence-electron chi connectivity index (χ3n) is 3.72. The fourth-order valence-corrected chi connectivity index (χ4v) is 4.43. The van der Waals surface area contributed by atoms with Crippen LogP contribution in [0.25, 0.3) is 21.1 Å². The molecule has 0 unspecified atom stereocenters. The number of aromatic nitrogens is 2. The molecular weight excluding hydrogens is 348 g/mol. The standard InChI is InChI=1S/C16H12N2O4S2/c1-3-21-12-10(19-1)7-23-14(12)9-5-17-16(18-6-9)15-13-11(8-24-15)20-2-4-22-13/h5-8H,1-4H2. The molecule has 3 aromatic rings. The first-order chi connectivity index (χ1) is 11.9. The monoisotopic (exact) mass is 360 g/mol. The molecule has 0 N–H and O–H groups in total. The molecule has 0 saturated carbocycles. The zero-order valence-electron chi connectivity index (χ0n) is 12.5. The minimum atomic E-state index is 0.549. The highest BCUT2D eigenvalue weighted by molar-refractivity contribution is 7.14. The van der Waals surface area contributed by atoms with Gasteiger partial charge in [-0.25, -0.2) is 9.97 Å². The van der Waals surface area contributed by atoms with Gasteiger partial charge in [0.1, 0.15) is 31.3 Å². The first-order valence-electron chi connectivity index (χ1n) is 7.47. The highest BCUT2D eigenvalue weighted by Gasteiger charge is 2.23. The van der Waals surface area contributed by atoms with Crippen LogP contribution in [0, 0.1) is 0 Å². The van der Waals surface area contributed by atoms with Crippen molar-refractivity contribution in [3.05, 3.63) is 23.2 Å². The van der Waals surface area contributed by atoms with Gasteiger partial charge in [-0.2, -0.15) is 0 Å². The van der Waals surface area contributed by atoms with E-state index in [9.17, 15) is 0 Å². The molecular formula is C16H12N2O4S2. The Kier molecular flexibility index (Phi) is 3.30. The Morgan fingerprint density at radius 2 is 1.25 bits per heavy atom. The summed E-state index contributed by atoms with van der Waals surface area (Å²) in [6.45, 7) is 2.28. The number of nitrogens with zero attached hydrogens (tertiary/aromatic N) is 2. The van der Waals surface area contributed by atoms with E-state index in [1.165, 1.54) is 11.3 Å². The molecule has 2 aliphatic heterocycles. The third-order valence-corrected chi connectivity index (χ3v) is 5.64. The molecule has 8 heteroatoms. The molecule has 2 aliphatic rings. The van der Waals surface area contributed by atoms with E-state index in [-0.39, 0.29) is 0 Å². The Labute approximate surface area is 145 Å². The minimum absolute atomic E-state index is 0.549. The normalized spacial score (nSPS) is 15.3. The van der Waals surface area contributed by atoms with Gasteiger partial charge >= 0.3 is 0 Å². The maximum Gasteiger partial charge on any atom is 0.183 e. The summed E-state index contributed by atoms with van der Waals surface area (Å²) in [7, 11) is 0. The maximum absolute atomic E-state index is 5.72. The molecule has 0 saturated heterocycles. The summed E-state index contributed by atoms with van der Waals surface area (Å²) < 4.78 is 22.6. The van der Waals surface area contributed by atoms with Gasteiger partial charge in [0.15, 0.2) is 28.8 Å². The number of rotatable bonds is 2. The summed E-state index contributed by atoms with van der Waals surface area (Å²) in [4.78, 5) is 10.9. The molecule has 6 nitrogen and oxygen atoms in total. The molecule has 24 heavy (non-hydrogen) atoms. The molecule has 3 aromatic heterocycles. The summed E-state index contributed by atoms with van der Waals surface area (Å²) in [6.07, 6.45) is 3.62. The molecule has 0 amide bonds. The lowest BCUT2D eigenvalue weighted by atomic mass is 10.2. The van der Waals surface area contributed by atoms with Crippen molar-refractivity contribution < 1.29 is 18.9 Å². The molecule has 0 aromatic carbocycles. The number of thiophene rings is 2. The molecule has 5 rings (SSSR count). The lowest BCUT2D eigenvalue weighted by Crippen LogP contribution is -2.14. The Balaban J connectivity index is 1.50. The van der Waals surface area contributed by atoms with Gasteiger partial charge < -0.3 is 18.9 Å². The second-order valence-corrected chi connectivity index (χ2v) is 6.96. The van der Waals surface area contributed by atoms with E-state index in [1.807, 2.05) is 23.2 Å². The second kappa shape index (κ2) is 5.64. The second-order valence-electron chi connectivity index (χ2n) is 5.21. The van der Waals surface area contributed by atoms with E-state index in [0.717, 1.165) is 38.3 Å². The van der Waals surface area contributed by atoms with Gasteiger partial charge in [0.2, 0.25) is 0 Å². The number of hydrogen-bond donors (Lipinski definition) is 0. The van der Waals surface area contributed by atoms with Crippen LogP contribution in [0.5, 0.6) is 23.0 Å². The van der Waals surface area contributed by atoms with Crippen molar-refractivity contribution in [2.75, 3.05) is 26.4 Å². The Morgan fingerprint density at radius 1 is 0.708 bits per heavy atom. The summed E-state index contributed by atoms with van der Waals surface area (Å²) in [6, 6.07) is 0. The highest BCUT2D eigenvalue weighted by Crippen LogP contribution is 2.46. The molecule has 0 radical (unpaired) electrons. The third kappa shape index (κ3) is 2.22. The zero-order chi connectivity index (χ0) is 15.9. The van der Waals surface area contributed by atoms with Crippen LogP contribution in [-0.4, -0.2) is 36.4 Å². The molecule has 0 bridgehead atoms. The number of ether oxygens (including phenoxy) is 4. The van der Waals surface area contributed by atoms with Crippen LogP contribution in [-0.2, 0) is 0 Å². The minimum Gasteiger partial charge on any atom is -0.485 e. The van der Waals surface area contributed by atoms with E-state index >= 15 is 0 Å². The summed E-state index contributed by atoms with van der Waals surface area (Å²) >= 11 is 3.10. The predicted octanol–water partition coefficient (Wildman–Crippen LogP) is 3.48. The van der Waals surface area contributed by atoms with E-state index in [1.54, 1.807) is 11.3 Å². The number of hydrogen-bond acceptors (Lipinski definition) is 8. The van der Waals surface area contributed by atoms with Crippen LogP contribution in [0.3, 0.4) is 0 Å². The van der Waals surface area contributed by atoms with Crippen LogP contribution < -0.4 is 18.9 Å². The summed E-state index contributed by atoms with van der Waals surface area (Å²) in [5, 5.41) is 3.89.